The van der Waals surface area contributed by atoms with Gasteiger partial charge in [-0.3, -0.25) is 4.79 Å². The molecule has 102 valence electrons. The average molecular weight is 266 g/mol. The molecule has 2 rings (SSSR count). The van der Waals surface area contributed by atoms with Gasteiger partial charge in [0.05, 0.1) is 0 Å². The number of carbonyl (C=O) groups excluding carboxylic acids is 1. The number of ketones is 1. The van der Waals surface area contributed by atoms with E-state index < -0.39 is 0 Å². The normalized spacial score (nSPS) is 44.5. The fourth-order valence-corrected chi connectivity index (χ4v) is 5.41. The van der Waals surface area contributed by atoms with Crippen LogP contribution in [0, 0.1) is 22.7 Å². The van der Waals surface area contributed by atoms with E-state index in [1.54, 1.807) is 0 Å². The van der Waals surface area contributed by atoms with Crippen molar-refractivity contribution in [1.29, 1.82) is 0 Å². The Bertz CT molecular complexity index is 351. The van der Waals surface area contributed by atoms with Crippen molar-refractivity contribution in [2.45, 2.75) is 46.0 Å². The minimum Gasteiger partial charge on any atom is -0.299 e. The highest BCUT2D eigenvalue weighted by molar-refractivity contribution is 7.98. The summed E-state index contributed by atoms with van der Waals surface area (Å²) in [5.74, 6) is 2.71. The Balaban J connectivity index is 2.43. The molecule has 0 bridgehead atoms. The van der Waals surface area contributed by atoms with Crippen molar-refractivity contribution < 1.29 is 4.79 Å². The second-order valence-electron chi connectivity index (χ2n) is 6.47. The lowest BCUT2D eigenvalue weighted by molar-refractivity contribution is -0.143. The Morgan fingerprint density at radius 3 is 2.83 bits per heavy atom. The third-order valence-electron chi connectivity index (χ3n) is 5.80. The summed E-state index contributed by atoms with van der Waals surface area (Å²) in [6.45, 7) is 8.77. The van der Waals surface area contributed by atoms with Gasteiger partial charge in [0.25, 0.3) is 0 Å². The van der Waals surface area contributed by atoms with Crippen LogP contribution in [0.15, 0.2) is 12.7 Å². The van der Waals surface area contributed by atoms with Crippen LogP contribution in [0.3, 0.4) is 0 Å². The summed E-state index contributed by atoms with van der Waals surface area (Å²) >= 11 is 1.85. The molecular weight excluding hydrogens is 240 g/mol. The minimum absolute atomic E-state index is 0.0485. The van der Waals surface area contributed by atoms with Gasteiger partial charge in [0.15, 0.2) is 0 Å². The number of hydrogen-bond acceptors (Lipinski definition) is 2. The maximum atomic E-state index is 12.6. The van der Waals surface area contributed by atoms with Gasteiger partial charge in [0.1, 0.15) is 5.78 Å². The molecule has 2 saturated carbocycles. The molecule has 1 nitrogen and oxygen atoms in total. The van der Waals surface area contributed by atoms with Crippen LogP contribution < -0.4 is 0 Å². The van der Waals surface area contributed by atoms with Crippen molar-refractivity contribution >= 4 is 17.5 Å². The number of rotatable bonds is 3. The van der Waals surface area contributed by atoms with Crippen LogP contribution in [0.5, 0.6) is 0 Å². The molecule has 0 amide bonds. The first kappa shape index (κ1) is 14.2. The predicted octanol–water partition coefficient (Wildman–Crippen LogP) is 4.33. The van der Waals surface area contributed by atoms with E-state index in [0.717, 1.165) is 25.0 Å². The fourth-order valence-electron chi connectivity index (χ4n) is 4.39. The SMILES string of the molecule is C=C[C@@]1(C)[C@@H]2CCCC(=O)[C@]2(CSC)CC[C@@H]1C. The summed E-state index contributed by atoms with van der Waals surface area (Å²) in [7, 11) is 0. The van der Waals surface area contributed by atoms with Gasteiger partial charge in [0, 0.05) is 17.6 Å². The Hall–Kier alpha value is -0.240. The molecule has 18 heavy (non-hydrogen) atoms. The summed E-state index contributed by atoms with van der Waals surface area (Å²) in [5, 5.41) is 0. The van der Waals surface area contributed by atoms with Gasteiger partial charge in [-0.2, -0.15) is 11.8 Å². The van der Waals surface area contributed by atoms with E-state index in [-0.39, 0.29) is 10.8 Å². The molecular formula is C16H26OS. The highest BCUT2D eigenvalue weighted by atomic mass is 32.2. The van der Waals surface area contributed by atoms with E-state index in [2.05, 4.69) is 32.8 Å². The second kappa shape index (κ2) is 5.03. The predicted molar refractivity (Wildman–Crippen MR) is 79.9 cm³/mol. The summed E-state index contributed by atoms with van der Waals surface area (Å²) < 4.78 is 0. The van der Waals surface area contributed by atoms with Gasteiger partial charge in [-0.05, 0) is 49.2 Å². The molecule has 2 aliphatic rings. The number of allylic oxidation sites excluding steroid dienone is 1. The molecule has 0 N–H and O–H groups in total. The first-order valence-corrected chi connectivity index (χ1v) is 8.56. The van der Waals surface area contributed by atoms with Crippen LogP contribution in [0.1, 0.15) is 46.0 Å². The summed E-state index contributed by atoms with van der Waals surface area (Å²) in [6.07, 6.45) is 9.65. The first-order chi connectivity index (χ1) is 8.51. The van der Waals surface area contributed by atoms with E-state index in [1.165, 1.54) is 12.8 Å². The lowest BCUT2D eigenvalue weighted by atomic mass is 9.48. The largest absolute Gasteiger partial charge is 0.299 e. The Morgan fingerprint density at radius 1 is 1.50 bits per heavy atom. The zero-order valence-corrected chi connectivity index (χ0v) is 12.8. The van der Waals surface area contributed by atoms with Crippen LogP contribution in [-0.4, -0.2) is 17.8 Å². The standard InChI is InChI=1S/C16H26OS/c1-5-15(3)12(2)9-10-16(11-18-4)13(15)7-6-8-14(16)17/h5,12-13H,1,6-11H2,2-4H3/t12-,13-,15+,16-/m0/s1. The van der Waals surface area contributed by atoms with Crippen molar-refractivity contribution in [3.8, 4) is 0 Å². The molecule has 2 fully saturated rings. The van der Waals surface area contributed by atoms with E-state index in [0.29, 0.717) is 17.6 Å². The molecule has 0 aromatic heterocycles. The van der Waals surface area contributed by atoms with Crippen molar-refractivity contribution in [1.82, 2.24) is 0 Å². The van der Waals surface area contributed by atoms with Crippen LogP contribution in [0.2, 0.25) is 0 Å². The Kier molecular flexibility index (Phi) is 3.96. The van der Waals surface area contributed by atoms with Crippen molar-refractivity contribution in [2.75, 3.05) is 12.0 Å². The quantitative estimate of drug-likeness (QED) is 0.707. The third-order valence-corrected chi connectivity index (χ3v) is 6.60. The van der Waals surface area contributed by atoms with E-state index >= 15 is 0 Å². The smallest absolute Gasteiger partial charge is 0.140 e. The summed E-state index contributed by atoms with van der Waals surface area (Å²) in [5.41, 5.74) is 0.0944. The highest BCUT2D eigenvalue weighted by Gasteiger charge is 2.57. The number of carbonyl (C=O) groups is 1. The Labute approximate surface area is 116 Å². The van der Waals surface area contributed by atoms with Gasteiger partial charge >= 0.3 is 0 Å². The van der Waals surface area contributed by atoms with E-state index in [9.17, 15) is 4.79 Å². The molecule has 0 aliphatic heterocycles. The van der Waals surface area contributed by atoms with Crippen LogP contribution >= 0.6 is 11.8 Å². The minimum atomic E-state index is -0.0485. The maximum Gasteiger partial charge on any atom is 0.140 e. The second-order valence-corrected chi connectivity index (χ2v) is 7.33. The van der Waals surface area contributed by atoms with Crippen molar-refractivity contribution in [2.24, 2.45) is 22.7 Å². The molecule has 2 aliphatic carbocycles. The zero-order chi connectivity index (χ0) is 13.4. The molecule has 2 heteroatoms. The monoisotopic (exact) mass is 266 g/mol. The van der Waals surface area contributed by atoms with Gasteiger partial charge in [-0.25, -0.2) is 0 Å². The number of Topliss-reactive ketones (excluding diaryl/α,β-unsaturated/α-hetero) is 1. The van der Waals surface area contributed by atoms with Gasteiger partial charge in [0.2, 0.25) is 0 Å². The molecule has 0 aromatic rings. The van der Waals surface area contributed by atoms with E-state index in [1.807, 2.05) is 11.8 Å². The zero-order valence-electron chi connectivity index (χ0n) is 12.0. The van der Waals surface area contributed by atoms with Crippen LogP contribution in [0.25, 0.3) is 0 Å². The average Bonchev–Trinajstić information content (AvgIpc) is 2.37. The maximum absolute atomic E-state index is 12.6. The summed E-state index contributed by atoms with van der Waals surface area (Å²) in [6, 6.07) is 0. The number of fused-ring (bicyclic) bond motifs is 1. The van der Waals surface area contributed by atoms with E-state index in [4.69, 9.17) is 0 Å². The van der Waals surface area contributed by atoms with Crippen molar-refractivity contribution in [3.63, 3.8) is 0 Å². The molecule has 4 atom stereocenters. The van der Waals surface area contributed by atoms with Crippen LogP contribution in [-0.2, 0) is 4.79 Å². The molecule has 0 spiro atoms. The van der Waals surface area contributed by atoms with Crippen molar-refractivity contribution in [3.05, 3.63) is 12.7 Å². The molecule has 0 unspecified atom stereocenters. The topological polar surface area (TPSA) is 17.1 Å². The third kappa shape index (κ3) is 1.88. The lowest BCUT2D eigenvalue weighted by Crippen LogP contribution is -2.55. The molecule has 0 saturated heterocycles. The van der Waals surface area contributed by atoms with Crippen LogP contribution in [0.4, 0.5) is 0 Å². The lowest BCUT2D eigenvalue weighted by Gasteiger charge is -2.57. The highest BCUT2D eigenvalue weighted by Crippen LogP contribution is 2.59. The number of thioether (sulfide) groups is 1. The Morgan fingerprint density at radius 2 is 2.22 bits per heavy atom. The molecule has 0 radical (unpaired) electrons. The first-order valence-electron chi connectivity index (χ1n) is 7.17. The fraction of sp³-hybridized carbons (Fsp3) is 0.812. The number of hydrogen-bond donors (Lipinski definition) is 0. The van der Waals surface area contributed by atoms with Gasteiger partial charge in [-0.15, -0.1) is 6.58 Å². The van der Waals surface area contributed by atoms with Gasteiger partial charge in [-0.1, -0.05) is 19.9 Å². The van der Waals surface area contributed by atoms with Gasteiger partial charge < -0.3 is 0 Å². The molecule has 0 heterocycles. The molecule has 0 aromatic carbocycles. The summed E-state index contributed by atoms with van der Waals surface area (Å²) in [4.78, 5) is 12.6.